The van der Waals surface area contributed by atoms with Crippen molar-refractivity contribution >= 4 is 11.8 Å². The van der Waals surface area contributed by atoms with E-state index in [9.17, 15) is 5.11 Å². The van der Waals surface area contributed by atoms with Crippen LogP contribution in [0, 0.1) is 5.92 Å². The lowest BCUT2D eigenvalue weighted by Crippen LogP contribution is -2.33. The Bertz CT molecular complexity index is 333. The Labute approximate surface area is 109 Å². The van der Waals surface area contributed by atoms with Gasteiger partial charge in [0.15, 0.2) is 0 Å². The monoisotopic (exact) mass is 253 g/mol. The molecule has 0 aromatic heterocycles. The second-order valence-corrected chi connectivity index (χ2v) is 6.02. The summed E-state index contributed by atoms with van der Waals surface area (Å²) < 4.78 is 0. The summed E-state index contributed by atoms with van der Waals surface area (Å²) in [5.74, 6) is 1.01. The third-order valence-electron chi connectivity index (χ3n) is 3.08. The lowest BCUT2D eigenvalue weighted by molar-refractivity contribution is 0.0376. The van der Waals surface area contributed by atoms with E-state index in [1.165, 1.54) is 10.5 Å². The van der Waals surface area contributed by atoms with E-state index in [4.69, 9.17) is 0 Å². The first-order valence-corrected chi connectivity index (χ1v) is 7.03. The number of hydrogen-bond acceptors (Lipinski definition) is 3. The van der Waals surface area contributed by atoms with Crippen LogP contribution in [0.1, 0.15) is 26.3 Å². The van der Waals surface area contributed by atoms with E-state index in [2.05, 4.69) is 43.4 Å². The van der Waals surface area contributed by atoms with Gasteiger partial charge in [-0.25, -0.2) is 0 Å². The van der Waals surface area contributed by atoms with Gasteiger partial charge in [-0.2, -0.15) is 0 Å². The molecule has 96 valence electrons. The molecule has 2 N–H and O–H groups in total. The van der Waals surface area contributed by atoms with Crippen molar-refractivity contribution in [3.8, 4) is 0 Å². The molecule has 0 aliphatic carbocycles. The van der Waals surface area contributed by atoms with Gasteiger partial charge in [0.25, 0.3) is 0 Å². The SMILES string of the molecule is CNCc1ccc(SCC(C)(O)C(C)C)cc1. The second kappa shape index (κ2) is 6.43. The quantitative estimate of drug-likeness (QED) is 0.765. The molecule has 0 saturated heterocycles. The van der Waals surface area contributed by atoms with Crippen LogP contribution in [0.2, 0.25) is 0 Å². The van der Waals surface area contributed by atoms with Gasteiger partial charge < -0.3 is 10.4 Å². The van der Waals surface area contributed by atoms with Crippen LogP contribution in [-0.2, 0) is 6.54 Å². The van der Waals surface area contributed by atoms with E-state index in [1.807, 2.05) is 14.0 Å². The minimum atomic E-state index is -0.603. The minimum absolute atomic E-state index is 0.276. The standard InChI is InChI=1S/C14H23NOS/c1-11(2)14(3,16)10-17-13-7-5-12(6-8-13)9-15-4/h5-8,11,15-16H,9-10H2,1-4H3. The highest BCUT2D eigenvalue weighted by molar-refractivity contribution is 7.99. The summed E-state index contributed by atoms with van der Waals surface area (Å²) in [6.45, 7) is 6.90. The highest BCUT2D eigenvalue weighted by Crippen LogP contribution is 2.27. The molecule has 0 saturated carbocycles. The van der Waals surface area contributed by atoms with Crippen LogP contribution in [0.3, 0.4) is 0 Å². The van der Waals surface area contributed by atoms with E-state index in [0.717, 1.165) is 12.3 Å². The summed E-state index contributed by atoms with van der Waals surface area (Å²) in [5.41, 5.74) is 0.682. The molecule has 2 nitrogen and oxygen atoms in total. The number of aliphatic hydroxyl groups is 1. The maximum atomic E-state index is 10.2. The van der Waals surface area contributed by atoms with Gasteiger partial charge in [-0.15, -0.1) is 11.8 Å². The third kappa shape index (κ3) is 4.70. The lowest BCUT2D eigenvalue weighted by atomic mass is 9.95. The Morgan fingerprint density at radius 1 is 1.29 bits per heavy atom. The zero-order chi connectivity index (χ0) is 12.9. The number of nitrogens with one attached hydrogen (secondary N) is 1. The maximum absolute atomic E-state index is 10.2. The average Bonchev–Trinajstić information content (AvgIpc) is 2.28. The van der Waals surface area contributed by atoms with Crippen molar-refractivity contribution < 1.29 is 5.11 Å². The third-order valence-corrected chi connectivity index (χ3v) is 4.41. The maximum Gasteiger partial charge on any atom is 0.0736 e. The highest BCUT2D eigenvalue weighted by atomic mass is 32.2. The Hall–Kier alpha value is -0.510. The molecule has 0 bridgehead atoms. The largest absolute Gasteiger partial charge is 0.389 e. The van der Waals surface area contributed by atoms with Gasteiger partial charge in [-0.1, -0.05) is 26.0 Å². The van der Waals surface area contributed by atoms with Gasteiger partial charge in [0, 0.05) is 17.2 Å². The van der Waals surface area contributed by atoms with E-state index in [0.29, 0.717) is 0 Å². The van der Waals surface area contributed by atoms with Crippen LogP contribution in [0.25, 0.3) is 0 Å². The summed E-state index contributed by atoms with van der Waals surface area (Å²) in [6, 6.07) is 8.49. The van der Waals surface area contributed by atoms with Gasteiger partial charge in [-0.05, 0) is 37.6 Å². The van der Waals surface area contributed by atoms with E-state index in [1.54, 1.807) is 11.8 Å². The fraction of sp³-hybridized carbons (Fsp3) is 0.571. The first-order valence-electron chi connectivity index (χ1n) is 6.04. The van der Waals surface area contributed by atoms with Crippen molar-refractivity contribution in [3.05, 3.63) is 29.8 Å². The Morgan fingerprint density at radius 3 is 2.35 bits per heavy atom. The first kappa shape index (κ1) is 14.6. The number of hydrogen-bond donors (Lipinski definition) is 2. The Balaban J connectivity index is 2.52. The predicted octanol–water partition coefficient (Wildman–Crippen LogP) is 2.91. The molecule has 1 rings (SSSR count). The molecule has 0 amide bonds. The average molecular weight is 253 g/mol. The van der Waals surface area contributed by atoms with Crippen LogP contribution in [0.4, 0.5) is 0 Å². The van der Waals surface area contributed by atoms with Gasteiger partial charge in [0.2, 0.25) is 0 Å². The van der Waals surface area contributed by atoms with Gasteiger partial charge in [-0.3, -0.25) is 0 Å². The lowest BCUT2D eigenvalue weighted by Gasteiger charge is -2.27. The molecule has 1 unspecified atom stereocenters. The highest BCUT2D eigenvalue weighted by Gasteiger charge is 2.24. The van der Waals surface area contributed by atoms with Crippen LogP contribution in [-0.4, -0.2) is 23.5 Å². The van der Waals surface area contributed by atoms with Crippen LogP contribution < -0.4 is 5.32 Å². The normalized spacial score (nSPS) is 14.9. The summed E-state index contributed by atoms with van der Waals surface area (Å²) in [7, 11) is 1.95. The molecule has 0 aliphatic heterocycles. The molecule has 0 heterocycles. The van der Waals surface area contributed by atoms with Crippen molar-refractivity contribution in [3.63, 3.8) is 0 Å². The molecule has 1 aromatic rings. The first-order chi connectivity index (χ1) is 7.95. The summed E-state index contributed by atoms with van der Waals surface area (Å²) in [4.78, 5) is 1.21. The number of thioether (sulfide) groups is 1. The molecule has 0 aliphatic rings. The van der Waals surface area contributed by atoms with Gasteiger partial charge >= 0.3 is 0 Å². The number of benzene rings is 1. The van der Waals surface area contributed by atoms with E-state index in [-0.39, 0.29) is 5.92 Å². The number of rotatable bonds is 6. The van der Waals surface area contributed by atoms with Crippen LogP contribution in [0.5, 0.6) is 0 Å². The van der Waals surface area contributed by atoms with Crippen LogP contribution >= 0.6 is 11.8 Å². The molecule has 17 heavy (non-hydrogen) atoms. The topological polar surface area (TPSA) is 32.3 Å². The second-order valence-electron chi connectivity index (χ2n) is 4.97. The molecule has 1 atom stereocenters. The molecule has 0 fully saturated rings. The van der Waals surface area contributed by atoms with Gasteiger partial charge in [0.1, 0.15) is 0 Å². The minimum Gasteiger partial charge on any atom is -0.389 e. The van der Waals surface area contributed by atoms with Crippen molar-refractivity contribution in [1.82, 2.24) is 5.32 Å². The predicted molar refractivity (Wildman–Crippen MR) is 75.4 cm³/mol. The fourth-order valence-corrected chi connectivity index (χ4v) is 2.42. The van der Waals surface area contributed by atoms with Gasteiger partial charge in [0.05, 0.1) is 5.60 Å². The molecule has 0 radical (unpaired) electrons. The molecule has 0 spiro atoms. The molecule has 1 aromatic carbocycles. The summed E-state index contributed by atoms with van der Waals surface area (Å²) >= 11 is 1.71. The zero-order valence-corrected chi connectivity index (χ0v) is 12.0. The van der Waals surface area contributed by atoms with Crippen molar-refractivity contribution in [1.29, 1.82) is 0 Å². The van der Waals surface area contributed by atoms with Crippen molar-refractivity contribution in [2.24, 2.45) is 5.92 Å². The Kier molecular flexibility index (Phi) is 5.50. The zero-order valence-electron chi connectivity index (χ0n) is 11.2. The Morgan fingerprint density at radius 2 is 1.88 bits per heavy atom. The smallest absolute Gasteiger partial charge is 0.0736 e. The van der Waals surface area contributed by atoms with E-state index < -0.39 is 5.60 Å². The van der Waals surface area contributed by atoms with Crippen molar-refractivity contribution in [2.75, 3.05) is 12.8 Å². The molecular weight excluding hydrogens is 230 g/mol. The summed E-state index contributed by atoms with van der Waals surface area (Å²) in [5, 5.41) is 13.3. The summed E-state index contributed by atoms with van der Waals surface area (Å²) in [6.07, 6.45) is 0. The fourth-order valence-electron chi connectivity index (χ4n) is 1.30. The van der Waals surface area contributed by atoms with Crippen LogP contribution in [0.15, 0.2) is 29.2 Å². The van der Waals surface area contributed by atoms with Crippen molar-refractivity contribution in [2.45, 2.75) is 37.8 Å². The molecular formula is C14H23NOS. The molecule has 3 heteroatoms. The van der Waals surface area contributed by atoms with E-state index >= 15 is 0 Å².